The van der Waals surface area contributed by atoms with Crippen molar-refractivity contribution in [1.82, 2.24) is 15.2 Å². The van der Waals surface area contributed by atoms with Crippen molar-refractivity contribution >= 4 is 16.7 Å². The fraction of sp³-hybridized carbons (Fsp3) is 0.389. The largest absolute Gasteiger partial charge is 0.349 e. The Morgan fingerprint density at radius 2 is 2.21 bits per heavy atom. The lowest BCUT2D eigenvalue weighted by Crippen LogP contribution is -2.52. The topological polar surface area (TPSA) is 86.9 Å². The number of piperidine rings is 1. The van der Waals surface area contributed by atoms with Crippen LogP contribution in [-0.4, -0.2) is 29.6 Å². The first-order valence-electron chi connectivity index (χ1n) is 8.12. The molecule has 3 unspecified atom stereocenters. The lowest BCUT2D eigenvalue weighted by molar-refractivity contribution is -0.125. The highest BCUT2D eigenvalue weighted by atomic mass is 16.2. The average molecular weight is 324 g/mol. The minimum Gasteiger partial charge on any atom is -0.349 e. The fourth-order valence-corrected chi connectivity index (χ4v) is 3.10. The third-order valence-corrected chi connectivity index (χ3v) is 4.61. The Balaban J connectivity index is 1.82. The second-order valence-corrected chi connectivity index (χ2v) is 6.13. The number of carbonyl (C=O) groups excluding carboxylic acids is 1. The first-order chi connectivity index (χ1) is 11.6. The summed E-state index contributed by atoms with van der Waals surface area (Å²) in [6.07, 6.45) is 2.36. The Bertz CT molecular complexity index is 852. The van der Waals surface area contributed by atoms with E-state index in [1.165, 1.54) is 4.57 Å². The Morgan fingerprint density at radius 1 is 1.42 bits per heavy atom. The lowest BCUT2D eigenvalue weighted by atomic mass is 9.94. The highest BCUT2D eigenvalue weighted by Gasteiger charge is 2.28. The summed E-state index contributed by atoms with van der Waals surface area (Å²) in [7, 11) is 0. The zero-order valence-corrected chi connectivity index (χ0v) is 13.5. The van der Waals surface area contributed by atoms with E-state index in [1.807, 2.05) is 24.3 Å². The van der Waals surface area contributed by atoms with Crippen molar-refractivity contribution in [1.29, 1.82) is 5.26 Å². The summed E-state index contributed by atoms with van der Waals surface area (Å²) in [5.74, 6) is -0.447. The third kappa shape index (κ3) is 3.03. The van der Waals surface area contributed by atoms with Crippen LogP contribution in [0, 0.1) is 17.2 Å². The minimum atomic E-state index is -0.636. The van der Waals surface area contributed by atoms with E-state index in [2.05, 4.69) is 16.7 Å². The molecule has 1 amide bonds. The molecule has 3 rings (SSSR count). The van der Waals surface area contributed by atoms with Gasteiger partial charge in [0.1, 0.15) is 6.04 Å². The van der Waals surface area contributed by atoms with Gasteiger partial charge in [-0.3, -0.25) is 9.59 Å². The average Bonchev–Trinajstić information content (AvgIpc) is 2.62. The van der Waals surface area contributed by atoms with E-state index < -0.39 is 6.04 Å². The molecule has 6 heteroatoms. The normalized spacial score (nSPS) is 21.8. The van der Waals surface area contributed by atoms with Crippen molar-refractivity contribution in [2.75, 3.05) is 13.1 Å². The lowest BCUT2D eigenvalue weighted by Gasteiger charge is -2.29. The molecule has 0 bridgehead atoms. The van der Waals surface area contributed by atoms with Crippen LogP contribution in [0.15, 0.2) is 41.3 Å². The molecule has 24 heavy (non-hydrogen) atoms. The van der Waals surface area contributed by atoms with Crippen molar-refractivity contribution < 1.29 is 4.79 Å². The van der Waals surface area contributed by atoms with Gasteiger partial charge in [-0.15, -0.1) is 0 Å². The molecule has 2 heterocycles. The first-order valence-corrected chi connectivity index (χ1v) is 8.12. The van der Waals surface area contributed by atoms with Crippen molar-refractivity contribution in [2.45, 2.75) is 25.4 Å². The van der Waals surface area contributed by atoms with Crippen LogP contribution in [0.1, 0.15) is 19.4 Å². The van der Waals surface area contributed by atoms with Gasteiger partial charge in [-0.25, -0.2) is 0 Å². The molecule has 1 aliphatic heterocycles. The molecule has 0 saturated carbocycles. The smallest absolute Gasteiger partial charge is 0.259 e. The van der Waals surface area contributed by atoms with Gasteiger partial charge in [0.05, 0.1) is 18.0 Å². The molecule has 1 aromatic carbocycles. The van der Waals surface area contributed by atoms with Crippen LogP contribution in [0.2, 0.25) is 0 Å². The molecule has 2 aromatic rings. The van der Waals surface area contributed by atoms with Crippen molar-refractivity contribution in [2.24, 2.45) is 5.92 Å². The number of carbonyl (C=O) groups is 1. The van der Waals surface area contributed by atoms with Gasteiger partial charge in [-0.1, -0.05) is 18.2 Å². The van der Waals surface area contributed by atoms with E-state index >= 15 is 0 Å². The predicted octanol–water partition coefficient (Wildman–Crippen LogP) is 1.18. The molecule has 6 nitrogen and oxygen atoms in total. The number of amides is 1. The van der Waals surface area contributed by atoms with Crippen LogP contribution >= 0.6 is 0 Å². The number of nitriles is 1. The van der Waals surface area contributed by atoms with E-state index in [1.54, 1.807) is 19.2 Å². The molecular weight excluding hydrogens is 304 g/mol. The minimum absolute atomic E-state index is 0.186. The third-order valence-electron chi connectivity index (χ3n) is 4.61. The molecule has 0 aliphatic carbocycles. The number of hydrogen-bond acceptors (Lipinski definition) is 4. The Hall–Kier alpha value is -2.65. The number of nitrogens with one attached hydrogen (secondary N) is 2. The highest BCUT2D eigenvalue weighted by molar-refractivity contribution is 5.83. The number of pyridine rings is 1. The summed E-state index contributed by atoms with van der Waals surface area (Å²) < 4.78 is 1.44. The monoisotopic (exact) mass is 324 g/mol. The molecule has 1 aromatic heterocycles. The molecular formula is C18H20N4O2. The first kappa shape index (κ1) is 16.2. The summed E-state index contributed by atoms with van der Waals surface area (Å²) in [5, 5.41) is 16.7. The zero-order chi connectivity index (χ0) is 17.1. The highest BCUT2D eigenvalue weighted by Crippen LogP contribution is 2.14. The van der Waals surface area contributed by atoms with Crippen LogP contribution in [0.3, 0.4) is 0 Å². The Labute approximate surface area is 140 Å². The molecule has 0 spiro atoms. The van der Waals surface area contributed by atoms with Crippen LogP contribution in [-0.2, 0) is 4.79 Å². The molecule has 0 radical (unpaired) electrons. The summed E-state index contributed by atoms with van der Waals surface area (Å²) in [6, 6.07) is 10.5. The van der Waals surface area contributed by atoms with Gasteiger partial charge >= 0.3 is 0 Å². The van der Waals surface area contributed by atoms with Crippen LogP contribution in [0.5, 0.6) is 0 Å². The second kappa shape index (κ2) is 6.85. The maximum absolute atomic E-state index is 12.6. The Morgan fingerprint density at radius 3 is 3.00 bits per heavy atom. The van der Waals surface area contributed by atoms with Gasteiger partial charge < -0.3 is 15.2 Å². The van der Waals surface area contributed by atoms with Gasteiger partial charge in [0.15, 0.2) is 0 Å². The van der Waals surface area contributed by atoms with Gasteiger partial charge in [0, 0.05) is 18.1 Å². The van der Waals surface area contributed by atoms with Crippen LogP contribution in [0.4, 0.5) is 0 Å². The number of fused-ring (bicyclic) bond motifs is 1. The number of nitrogens with zero attached hydrogens (tertiary/aromatic N) is 2. The molecule has 3 atom stereocenters. The number of aromatic nitrogens is 1. The maximum Gasteiger partial charge on any atom is 0.259 e. The molecule has 1 saturated heterocycles. The Kier molecular flexibility index (Phi) is 4.63. The maximum atomic E-state index is 12.6. The zero-order valence-electron chi connectivity index (χ0n) is 13.5. The summed E-state index contributed by atoms with van der Waals surface area (Å²) in [4.78, 5) is 25.2. The van der Waals surface area contributed by atoms with Crippen LogP contribution in [0.25, 0.3) is 10.8 Å². The molecule has 1 aliphatic rings. The fourth-order valence-electron chi connectivity index (χ4n) is 3.10. The van der Waals surface area contributed by atoms with Gasteiger partial charge in [0.2, 0.25) is 5.91 Å². The summed E-state index contributed by atoms with van der Waals surface area (Å²) >= 11 is 0. The van der Waals surface area contributed by atoms with Crippen molar-refractivity contribution in [3.05, 3.63) is 46.9 Å². The van der Waals surface area contributed by atoms with Crippen molar-refractivity contribution in [3.8, 4) is 6.07 Å². The molecule has 124 valence electrons. The van der Waals surface area contributed by atoms with E-state index in [9.17, 15) is 14.9 Å². The quantitative estimate of drug-likeness (QED) is 0.887. The number of benzene rings is 1. The van der Waals surface area contributed by atoms with Gasteiger partial charge in [0.25, 0.3) is 5.56 Å². The summed E-state index contributed by atoms with van der Waals surface area (Å²) in [5.41, 5.74) is -0.186. The number of rotatable bonds is 3. The van der Waals surface area contributed by atoms with E-state index in [0.717, 1.165) is 11.9 Å². The number of hydrogen-bond donors (Lipinski definition) is 2. The summed E-state index contributed by atoms with van der Waals surface area (Å²) in [6.45, 7) is 3.05. The van der Waals surface area contributed by atoms with Gasteiger partial charge in [-0.2, -0.15) is 5.26 Å². The van der Waals surface area contributed by atoms with Gasteiger partial charge in [-0.05, 0) is 37.4 Å². The van der Waals surface area contributed by atoms with E-state index in [4.69, 9.17) is 0 Å². The molecule has 1 fully saturated rings. The SMILES string of the molecule is CC(C(=O)NC1CNCCC1C#N)n1ccc2ccccc2c1=O. The van der Waals surface area contributed by atoms with Crippen molar-refractivity contribution in [3.63, 3.8) is 0 Å². The standard InChI is InChI=1S/C18H20N4O2/c1-12(17(23)21-16-11-20-8-6-14(16)10-19)22-9-7-13-4-2-3-5-15(13)18(22)24/h2-5,7,9,12,14,16,20H,6,8,11H2,1H3,(H,21,23). The van der Waals surface area contributed by atoms with Crippen LogP contribution < -0.4 is 16.2 Å². The molecule has 2 N–H and O–H groups in total. The van der Waals surface area contributed by atoms with E-state index in [0.29, 0.717) is 18.4 Å². The second-order valence-electron chi connectivity index (χ2n) is 6.13. The van der Waals surface area contributed by atoms with E-state index in [-0.39, 0.29) is 23.4 Å². The predicted molar refractivity (Wildman–Crippen MR) is 91.4 cm³/mol.